The zero-order valence-electron chi connectivity index (χ0n) is 10.1. The second kappa shape index (κ2) is 5.30. The van der Waals surface area contributed by atoms with E-state index in [1.54, 1.807) is 6.92 Å². The molecule has 2 rings (SSSR count). The summed E-state index contributed by atoms with van der Waals surface area (Å²) in [5, 5.41) is 2.71. The lowest BCUT2D eigenvalue weighted by molar-refractivity contribution is 0.448. The van der Waals surface area contributed by atoms with Crippen molar-refractivity contribution >= 4 is 5.69 Å². The van der Waals surface area contributed by atoms with E-state index < -0.39 is 17.5 Å². The molecule has 0 spiro atoms. The Morgan fingerprint density at radius 3 is 2.11 bits per heavy atom. The zero-order chi connectivity index (χ0) is 14.0. The van der Waals surface area contributed by atoms with E-state index in [4.69, 9.17) is 0 Å². The number of hydrogen-bond donors (Lipinski definition) is 1. The van der Waals surface area contributed by atoms with Gasteiger partial charge < -0.3 is 5.32 Å². The van der Waals surface area contributed by atoms with Crippen LogP contribution >= 0.6 is 0 Å². The van der Waals surface area contributed by atoms with Crippen molar-refractivity contribution in [2.45, 2.75) is 13.0 Å². The van der Waals surface area contributed by atoms with Crippen LogP contribution < -0.4 is 5.32 Å². The summed E-state index contributed by atoms with van der Waals surface area (Å²) in [4.78, 5) is 0. The summed E-state index contributed by atoms with van der Waals surface area (Å²) in [6.45, 7) is 1.70. The quantitative estimate of drug-likeness (QED) is 0.642. The molecule has 0 aromatic heterocycles. The molecular formula is C14H11F4N. The Bertz CT molecular complexity index is 581. The summed E-state index contributed by atoms with van der Waals surface area (Å²) < 4.78 is 52.1. The van der Waals surface area contributed by atoms with Crippen LogP contribution in [-0.4, -0.2) is 0 Å². The predicted octanol–water partition coefficient (Wildman–Crippen LogP) is 4.42. The zero-order valence-corrected chi connectivity index (χ0v) is 10.1. The molecule has 19 heavy (non-hydrogen) atoms. The van der Waals surface area contributed by atoms with Crippen molar-refractivity contribution < 1.29 is 17.6 Å². The molecule has 1 N–H and O–H groups in total. The van der Waals surface area contributed by atoms with Crippen LogP contribution in [0.1, 0.15) is 18.5 Å². The molecule has 100 valence electrons. The maximum atomic E-state index is 13.5. The Morgan fingerprint density at radius 2 is 1.47 bits per heavy atom. The van der Waals surface area contributed by atoms with Crippen molar-refractivity contribution in [3.8, 4) is 0 Å². The van der Waals surface area contributed by atoms with Gasteiger partial charge in [0.2, 0.25) is 0 Å². The van der Waals surface area contributed by atoms with Crippen LogP contribution in [-0.2, 0) is 0 Å². The number of rotatable bonds is 3. The molecule has 0 aliphatic heterocycles. The van der Waals surface area contributed by atoms with Crippen LogP contribution in [0.15, 0.2) is 36.4 Å². The van der Waals surface area contributed by atoms with E-state index in [-0.39, 0.29) is 17.5 Å². The topological polar surface area (TPSA) is 12.0 Å². The number of anilines is 1. The molecular weight excluding hydrogens is 258 g/mol. The Balaban J connectivity index is 2.21. The number of benzene rings is 2. The minimum absolute atomic E-state index is 0.143. The van der Waals surface area contributed by atoms with Crippen molar-refractivity contribution in [3.05, 3.63) is 65.2 Å². The largest absolute Gasteiger partial charge is 0.376 e. The van der Waals surface area contributed by atoms with Crippen molar-refractivity contribution in [1.82, 2.24) is 0 Å². The van der Waals surface area contributed by atoms with Crippen molar-refractivity contribution in [3.63, 3.8) is 0 Å². The van der Waals surface area contributed by atoms with E-state index in [1.807, 2.05) is 0 Å². The number of hydrogen-bond acceptors (Lipinski definition) is 1. The molecule has 0 heterocycles. The molecule has 1 atom stereocenters. The van der Waals surface area contributed by atoms with Gasteiger partial charge in [0.15, 0.2) is 17.5 Å². The van der Waals surface area contributed by atoms with E-state index in [9.17, 15) is 17.6 Å². The van der Waals surface area contributed by atoms with Crippen molar-refractivity contribution in [1.29, 1.82) is 0 Å². The van der Waals surface area contributed by atoms with Crippen molar-refractivity contribution in [2.24, 2.45) is 0 Å². The van der Waals surface area contributed by atoms with Gasteiger partial charge in [-0.05, 0) is 36.8 Å². The Kier molecular flexibility index (Phi) is 3.74. The summed E-state index contributed by atoms with van der Waals surface area (Å²) in [7, 11) is 0. The van der Waals surface area contributed by atoms with Gasteiger partial charge >= 0.3 is 0 Å². The van der Waals surface area contributed by atoms with E-state index in [0.717, 1.165) is 12.1 Å². The highest BCUT2D eigenvalue weighted by atomic mass is 19.2. The summed E-state index contributed by atoms with van der Waals surface area (Å²) in [6.07, 6.45) is 0. The number of nitrogens with one attached hydrogen (secondary N) is 1. The van der Waals surface area contributed by atoms with Crippen LogP contribution in [0.4, 0.5) is 23.2 Å². The molecule has 2 aromatic rings. The standard InChI is InChI=1S/C14H11F4N/c1-8(9-2-4-10(15)5-3-9)19-12-7-6-11(16)13(17)14(12)18/h2-8,19H,1H3. The van der Waals surface area contributed by atoms with Crippen LogP contribution in [0.2, 0.25) is 0 Å². The lowest BCUT2D eigenvalue weighted by Crippen LogP contribution is -2.09. The molecule has 0 radical (unpaired) electrons. The van der Waals surface area contributed by atoms with Gasteiger partial charge in [-0.3, -0.25) is 0 Å². The first-order chi connectivity index (χ1) is 8.99. The third-order valence-electron chi connectivity index (χ3n) is 2.78. The Labute approximate surface area is 107 Å². The second-order valence-electron chi connectivity index (χ2n) is 4.14. The van der Waals surface area contributed by atoms with Gasteiger partial charge in [-0.1, -0.05) is 12.1 Å². The SMILES string of the molecule is CC(Nc1ccc(F)c(F)c1F)c1ccc(F)cc1. The minimum atomic E-state index is -1.52. The Hall–Kier alpha value is -2.04. The molecule has 0 aliphatic carbocycles. The number of halogens is 4. The molecule has 0 aliphatic rings. The van der Waals surface area contributed by atoms with Gasteiger partial charge in [-0.25, -0.2) is 17.6 Å². The molecule has 0 amide bonds. The summed E-state index contributed by atoms with van der Waals surface area (Å²) in [5.41, 5.74) is 0.557. The van der Waals surface area contributed by atoms with E-state index in [0.29, 0.717) is 5.56 Å². The summed E-state index contributed by atoms with van der Waals surface area (Å²) >= 11 is 0. The van der Waals surface area contributed by atoms with Gasteiger partial charge in [0.25, 0.3) is 0 Å². The highest BCUT2D eigenvalue weighted by Gasteiger charge is 2.15. The molecule has 1 nitrogen and oxygen atoms in total. The lowest BCUT2D eigenvalue weighted by atomic mass is 10.1. The fourth-order valence-corrected chi connectivity index (χ4v) is 1.71. The van der Waals surface area contributed by atoms with Crippen molar-refractivity contribution in [2.75, 3.05) is 5.32 Å². The first kappa shape index (κ1) is 13.4. The molecule has 1 unspecified atom stereocenters. The van der Waals surface area contributed by atoms with E-state index in [1.165, 1.54) is 24.3 Å². The summed E-state index contributed by atoms with van der Waals surface area (Å²) in [5.74, 6) is -4.40. The van der Waals surface area contributed by atoms with Gasteiger partial charge in [0, 0.05) is 6.04 Å². The molecule has 0 saturated heterocycles. The fraction of sp³-hybridized carbons (Fsp3) is 0.143. The first-order valence-electron chi connectivity index (χ1n) is 5.64. The first-order valence-corrected chi connectivity index (χ1v) is 5.64. The molecule has 0 fully saturated rings. The fourth-order valence-electron chi connectivity index (χ4n) is 1.71. The maximum absolute atomic E-state index is 13.5. The second-order valence-corrected chi connectivity index (χ2v) is 4.14. The van der Waals surface area contributed by atoms with Gasteiger partial charge in [0.05, 0.1) is 5.69 Å². The van der Waals surface area contributed by atoms with Gasteiger partial charge in [0.1, 0.15) is 5.82 Å². The smallest absolute Gasteiger partial charge is 0.196 e. The highest BCUT2D eigenvalue weighted by Crippen LogP contribution is 2.24. The Morgan fingerprint density at radius 1 is 0.842 bits per heavy atom. The normalized spacial score (nSPS) is 12.3. The average Bonchev–Trinajstić information content (AvgIpc) is 2.40. The third-order valence-corrected chi connectivity index (χ3v) is 2.78. The van der Waals surface area contributed by atoms with Gasteiger partial charge in [-0.2, -0.15) is 0 Å². The molecule has 0 bridgehead atoms. The molecule has 0 saturated carbocycles. The monoisotopic (exact) mass is 269 g/mol. The van der Waals surface area contributed by atoms with E-state index in [2.05, 4.69) is 5.32 Å². The highest BCUT2D eigenvalue weighted by molar-refractivity contribution is 5.47. The van der Waals surface area contributed by atoms with Crippen LogP contribution in [0.3, 0.4) is 0 Å². The van der Waals surface area contributed by atoms with Crippen LogP contribution in [0.5, 0.6) is 0 Å². The lowest BCUT2D eigenvalue weighted by Gasteiger charge is -2.16. The van der Waals surface area contributed by atoms with Crippen LogP contribution in [0, 0.1) is 23.3 Å². The average molecular weight is 269 g/mol. The van der Waals surface area contributed by atoms with Gasteiger partial charge in [-0.15, -0.1) is 0 Å². The van der Waals surface area contributed by atoms with Crippen LogP contribution in [0.25, 0.3) is 0 Å². The minimum Gasteiger partial charge on any atom is -0.376 e. The third kappa shape index (κ3) is 2.86. The predicted molar refractivity (Wildman–Crippen MR) is 64.8 cm³/mol. The molecule has 2 aromatic carbocycles. The summed E-state index contributed by atoms with van der Waals surface area (Å²) in [6, 6.07) is 7.20. The molecule has 5 heteroatoms. The van der Waals surface area contributed by atoms with E-state index >= 15 is 0 Å². The maximum Gasteiger partial charge on any atom is 0.196 e.